The van der Waals surface area contributed by atoms with Crippen molar-refractivity contribution < 1.29 is 13.5 Å². The molecular formula is C16H25NO3S. The Hall–Kier alpha value is -1.07. The van der Waals surface area contributed by atoms with Gasteiger partial charge >= 0.3 is 0 Å². The molecule has 1 fully saturated rings. The van der Waals surface area contributed by atoms with Crippen LogP contribution in [0.1, 0.15) is 38.5 Å². The number of anilines is 1. The zero-order valence-electron chi connectivity index (χ0n) is 12.6. The van der Waals surface area contributed by atoms with E-state index < -0.39 is 9.84 Å². The highest BCUT2D eigenvalue weighted by Crippen LogP contribution is 2.27. The normalized spacial score (nSPS) is 23.0. The van der Waals surface area contributed by atoms with Gasteiger partial charge in [0.25, 0.3) is 0 Å². The van der Waals surface area contributed by atoms with Crippen molar-refractivity contribution in [1.29, 1.82) is 0 Å². The highest BCUT2D eigenvalue weighted by atomic mass is 32.2. The summed E-state index contributed by atoms with van der Waals surface area (Å²) < 4.78 is 22.7. The average Bonchev–Trinajstić information content (AvgIpc) is 2.45. The van der Waals surface area contributed by atoms with Gasteiger partial charge in [0.1, 0.15) is 0 Å². The van der Waals surface area contributed by atoms with Gasteiger partial charge in [0.05, 0.1) is 11.0 Å². The summed E-state index contributed by atoms with van der Waals surface area (Å²) >= 11 is 0. The lowest BCUT2D eigenvalue weighted by Gasteiger charge is -2.27. The minimum absolute atomic E-state index is 0.118. The highest BCUT2D eigenvalue weighted by molar-refractivity contribution is 7.90. The number of benzene rings is 1. The monoisotopic (exact) mass is 311 g/mol. The SMILES string of the molecule is CS(=O)(=O)c1ccc(NCCC[C@H]2CCCC[C@H]2O)cc1. The first-order chi connectivity index (χ1) is 9.97. The summed E-state index contributed by atoms with van der Waals surface area (Å²) in [5.74, 6) is 0.452. The minimum Gasteiger partial charge on any atom is -0.393 e. The molecule has 0 bridgehead atoms. The lowest BCUT2D eigenvalue weighted by Crippen LogP contribution is -2.24. The van der Waals surface area contributed by atoms with Gasteiger partial charge in [0.2, 0.25) is 0 Å². The lowest BCUT2D eigenvalue weighted by atomic mass is 9.83. The average molecular weight is 311 g/mol. The van der Waals surface area contributed by atoms with Crippen LogP contribution in [0.15, 0.2) is 29.2 Å². The predicted octanol–water partition coefficient (Wildman–Crippen LogP) is 2.83. The number of rotatable bonds is 6. The Labute approximate surface area is 127 Å². The fraction of sp³-hybridized carbons (Fsp3) is 0.625. The second kappa shape index (κ2) is 7.27. The first kappa shape index (κ1) is 16.3. The third-order valence-corrected chi connectivity index (χ3v) is 5.36. The third-order valence-electron chi connectivity index (χ3n) is 4.23. The van der Waals surface area contributed by atoms with E-state index in [2.05, 4.69) is 5.32 Å². The number of aliphatic hydroxyl groups excluding tert-OH is 1. The first-order valence-electron chi connectivity index (χ1n) is 7.69. The lowest BCUT2D eigenvalue weighted by molar-refractivity contribution is 0.0648. The van der Waals surface area contributed by atoms with E-state index in [0.29, 0.717) is 10.8 Å². The smallest absolute Gasteiger partial charge is 0.175 e. The van der Waals surface area contributed by atoms with Crippen LogP contribution in [0.2, 0.25) is 0 Å². The maximum absolute atomic E-state index is 11.4. The van der Waals surface area contributed by atoms with Gasteiger partial charge < -0.3 is 10.4 Å². The van der Waals surface area contributed by atoms with Crippen molar-refractivity contribution in [1.82, 2.24) is 0 Å². The quantitative estimate of drug-likeness (QED) is 0.793. The van der Waals surface area contributed by atoms with Gasteiger partial charge in [-0.15, -0.1) is 0 Å². The Kier molecular flexibility index (Phi) is 5.65. The summed E-state index contributed by atoms with van der Waals surface area (Å²) in [5, 5.41) is 13.2. The fourth-order valence-electron chi connectivity index (χ4n) is 2.94. The molecule has 2 N–H and O–H groups in total. The molecule has 0 aromatic heterocycles. The molecule has 21 heavy (non-hydrogen) atoms. The van der Waals surface area contributed by atoms with E-state index in [9.17, 15) is 13.5 Å². The van der Waals surface area contributed by atoms with Crippen molar-refractivity contribution in [3.05, 3.63) is 24.3 Å². The Bertz CT molecular complexity index is 539. The second-order valence-electron chi connectivity index (χ2n) is 5.98. The molecule has 0 radical (unpaired) electrons. The predicted molar refractivity (Wildman–Crippen MR) is 85.2 cm³/mol. The van der Waals surface area contributed by atoms with Gasteiger partial charge in [0.15, 0.2) is 9.84 Å². The van der Waals surface area contributed by atoms with Gasteiger partial charge in [0, 0.05) is 18.5 Å². The molecule has 2 atom stereocenters. The van der Waals surface area contributed by atoms with Gasteiger partial charge in [-0.05, 0) is 55.9 Å². The van der Waals surface area contributed by atoms with Crippen LogP contribution >= 0.6 is 0 Å². The van der Waals surface area contributed by atoms with Crippen molar-refractivity contribution in [2.75, 3.05) is 18.1 Å². The van der Waals surface area contributed by atoms with Crippen molar-refractivity contribution >= 4 is 15.5 Å². The van der Waals surface area contributed by atoms with Crippen LogP contribution in [0.4, 0.5) is 5.69 Å². The van der Waals surface area contributed by atoms with Crippen LogP contribution in [-0.2, 0) is 9.84 Å². The number of sulfone groups is 1. The molecule has 0 spiro atoms. The van der Waals surface area contributed by atoms with Crippen LogP contribution in [-0.4, -0.2) is 32.4 Å². The molecule has 0 aliphatic heterocycles. The summed E-state index contributed by atoms with van der Waals surface area (Å²) in [6.07, 6.45) is 7.66. The first-order valence-corrected chi connectivity index (χ1v) is 9.58. The number of hydrogen-bond acceptors (Lipinski definition) is 4. The van der Waals surface area contributed by atoms with E-state index in [0.717, 1.165) is 44.3 Å². The van der Waals surface area contributed by atoms with Crippen molar-refractivity contribution in [2.24, 2.45) is 5.92 Å². The zero-order valence-corrected chi connectivity index (χ0v) is 13.4. The molecule has 1 aliphatic rings. The van der Waals surface area contributed by atoms with Gasteiger partial charge in [-0.1, -0.05) is 12.8 Å². The van der Waals surface area contributed by atoms with E-state index in [-0.39, 0.29) is 6.10 Å². The van der Waals surface area contributed by atoms with Crippen LogP contribution < -0.4 is 5.32 Å². The van der Waals surface area contributed by atoms with Crippen LogP contribution in [0.3, 0.4) is 0 Å². The number of hydrogen-bond donors (Lipinski definition) is 2. The molecule has 0 saturated heterocycles. The van der Waals surface area contributed by atoms with Crippen LogP contribution in [0.25, 0.3) is 0 Å². The van der Waals surface area contributed by atoms with Crippen LogP contribution in [0, 0.1) is 5.92 Å². The summed E-state index contributed by atoms with van der Waals surface area (Å²) in [5.41, 5.74) is 0.937. The standard InChI is InChI=1S/C16H25NO3S/c1-21(19,20)15-10-8-14(9-11-15)17-12-4-6-13-5-2-3-7-16(13)18/h8-11,13,16-18H,2-7,12H2,1H3/t13-,16-/m1/s1. The maximum atomic E-state index is 11.4. The Balaban J connectivity index is 1.73. The number of nitrogens with one attached hydrogen (secondary N) is 1. The van der Waals surface area contributed by atoms with Crippen molar-refractivity contribution in [3.63, 3.8) is 0 Å². The highest BCUT2D eigenvalue weighted by Gasteiger charge is 2.22. The molecule has 1 aliphatic carbocycles. The summed E-state index contributed by atoms with van der Waals surface area (Å²) in [4.78, 5) is 0.346. The molecule has 1 aromatic rings. The summed E-state index contributed by atoms with van der Waals surface area (Å²) in [6, 6.07) is 6.85. The Morgan fingerprint density at radius 2 is 1.86 bits per heavy atom. The number of aliphatic hydroxyl groups is 1. The molecule has 5 heteroatoms. The van der Waals surface area contributed by atoms with E-state index in [1.54, 1.807) is 24.3 Å². The fourth-order valence-corrected chi connectivity index (χ4v) is 3.57. The zero-order chi connectivity index (χ0) is 15.3. The van der Waals surface area contributed by atoms with E-state index >= 15 is 0 Å². The largest absolute Gasteiger partial charge is 0.393 e. The molecule has 0 heterocycles. The molecule has 0 amide bonds. The summed E-state index contributed by atoms with van der Waals surface area (Å²) in [7, 11) is -3.12. The van der Waals surface area contributed by atoms with Gasteiger partial charge in [-0.3, -0.25) is 0 Å². The van der Waals surface area contributed by atoms with Crippen molar-refractivity contribution in [2.45, 2.75) is 49.5 Å². The Morgan fingerprint density at radius 3 is 2.48 bits per heavy atom. The minimum atomic E-state index is -3.12. The molecule has 0 unspecified atom stereocenters. The molecule has 1 saturated carbocycles. The molecular weight excluding hydrogens is 286 g/mol. The summed E-state index contributed by atoms with van der Waals surface area (Å²) in [6.45, 7) is 0.849. The Morgan fingerprint density at radius 1 is 1.19 bits per heavy atom. The molecule has 118 valence electrons. The third kappa shape index (κ3) is 5.00. The van der Waals surface area contributed by atoms with E-state index in [4.69, 9.17) is 0 Å². The van der Waals surface area contributed by atoms with Crippen molar-refractivity contribution in [3.8, 4) is 0 Å². The van der Waals surface area contributed by atoms with Crippen LogP contribution in [0.5, 0.6) is 0 Å². The van der Waals surface area contributed by atoms with Gasteiger partial charge in [-0.2, -0.15) is 0 Å². The topological polar surface area (TPSA) is 66.4 Å². The molecule has 1 aromatic carbocycles. The van der Waals surface area contributed by atoms with Gasteiger partial charge in [-0.25, -0.2) is 8.42 Å². The van der Waals surface area contributed by atoms with E-state index in [1.807, 2.05) is 0 Å². The second-order valence-corrected chi connectivity index (χ2v) is 7.99. The maximum Gasteiger partial charge on any atom is 0.175 e. The van der Waals surface area contributed by atoms with E-state index in [1.165, 1.54) is 12.7 Å². The molecule has 4 nitrogen and oxygen atoms in total. The molecule has 2 rings (SSSR count).